The fourth-order valence-corrected chi connectivity index (χ4v) is 5.31. The van der Waals surface area contributed by atoms with Crippen LogP contribution in [0.5, 0.6) is 5.75 Å². The van der Waals surface area contributed by atoms with E-state index < -0.39 is 12.1 Å². The van der Waals surface area contributed by atoms with E-state index in [9.17, 15) is 9.59 Å². The summed E-state index contributed by atoms with van der Waals surface area (Å²) < 4.78 is 18.7. The summed E-state index contributed by atoms with van der Waals surface area (Å²) in [7, 11) is 2.84. The predicted molar refractivity (Wildman–Crippen MR) is 153 cm³/mol. The summed E-state index contributed by atoms with van der Waals surface area (Å²) in [5.74, 6) is 0.269. The first-order valence-corrected chi connectivity index (χ1v) is 13.5. The molecular formula is C29H29ClN2O6S. The molecule has 0 N–H and O–H groups in total. The van der Waals surface area contributed by atoms with Crippen molar-refractivity contribution in [3.8, 4) is 5.75 Å². The Morgan fingerprint density at radius 2 is 1.82 bits per heavy atom. The number of ether oxygens (including phenoxy) is 3. The Kier molecular flexibility index (Phi) is 9.75. The van der Waals surface area contributed by atoms with E-state index in [1.165, 1.54) is 25.6 Å². The number of hydrogen-bond acceptors (Lipinski definition) is 8. The number of rotatable bonds is 12. The molecule has 0 bridgehead atoms. The van der Waals surface area contributed by atoms with Gasteiger partial charge in [0.25, 0.3) is 0 Å². The number of oxime groups is 1. The first-order valence-electron chi connectivity index (χ1n) is 12.4. The molecule has 4 rings (SSSR count). The average Bonchev–Trinajstić information content (AvgIpc) is 3.25. The van der Waals surface area contributed by atoms with E-state index in [4.69, 9.17) is 30.6 Å². The van der Waals surface area contributed by atoms with Crippen LogP contribution in [0.25, 0.3) is 10.2 Å². The molecular weight excluding hydrogens is 540 g/mol. The second-order valence-electron chi connectivity index (χ2n) is 8.50. The number of nitrogens with zero attached hydrogens (tertiary/aromatic N) is 2. The highest BCUT2D eigenvalue weighted by Gasteiger charge is 2.20. The van der Waals surface area contributed by atoms with Crippen molar-refractivity contribution in [1.82, 2.24) is 4.57 Å². The number of esters is 1. The fourth-order valence-electron chi connectivity index (χ4n) is 4.16. The van der Waals surface area contributed by atoms with Crippen molar-refractivity contribution >= 4 is 44.8 Å². The quantitative estimate of drug-likeness (QED) is 0.131. The zero-order valence-corrected chi connectivity index (χ0v) is 23.5. The van der Waals surface area contributed by atoms with Crippen molar-refractivity contribution in [3.05, 3.63) is 98.1 Å². The molecule has 1 heterocycles. The van der Waals surface area contributed by atoms with Gasteiger partial charge in [0.1, 0.15) is 25.2 Å². The lowest BCUT2D eigenvalue weighted by molar-refractivity contribution is -0.153. The Morgan fingerprint density at radius 3 is 2.51 bits per heavy atom. The fraction of sp³-hybridized carbons (Fsp3) is 0.276. The van der Waals surface area contributed by atoms with Gasteiger partial charge in [0, 0.05) is 29.2 Å². The Hall–Kier alpha value is -3.66. The van der Waals surface area contributed by atoms with Gasteiger partial charge in [0.05, 0.1) is 23.9 Å². The zero-order chi connectivity index (χ0) is 27.8. The Bertz CT molecular complexity index is 1510. The molecule has 0 aliphatic carbocycles. The maximum Gasteiger partial charge on any atom is 0.335 e. The minimum Gasteiger partial charge on any atom is -0.492 e. The lowest BCUT2D eigenvalue weighted by atomic mass is 10.0. The third kappa shape index (κ3) is 7.06. The normalized spacial score (nSPS) is 12.4. The number of carbonyl (C=O) groups is 1. The smallest absolute Gasteiger partial charge is 0.335 e. The van der Waals surface area contributed by atoms with E-state index in [0.29, 0.717) is 42.7 Å². The van der Waals surface area contributed by atoms with Gasteiger partial charge in [0.2, 0.25) is 0 Å². The van der Waals surface area contributed by atoms with Crippen LogP contribution in [0.1, 0.15) is 23.6 Å². The van der Waals surface area contributed by atoms with Gasteiger partial charge in [-0.1, -0.05) is 58.4 Å². The SMILES string of the molecule is CCOC(Cc1ccc(OCCn2c(=O)sc3cc(/C(=N\OC)c4cccc(Cl)c4)ccc32)cc1)C(=O)OC. The molecule has 0 fully saturated rings. The van der Waals surface area contributed by atoms with Gasteiger partial charge in [-0.25, -0.2) is 4.79 Å². The van der Waals surface area contributed by atoms with E-state index in [2.05, 4.69) is 5.16 Å². The van der Waals surface area contributed by atoms with Crippen molar-refractivity contribution in [2.24, 2.45) is 5.16 Å². The molecule has 39 heavy (non-hydrogen) atoms. The van der Waals surface area contributed by atoms with Crippen molar-refractivity contribution < 1.29 is 23.8 Å². The Balaban J connectivity index is 1.44. The number of fused-ring (bicyclic) bond motifs is 1. The van der Waals surface area contributed by atoms with Crippen LogP contribution in [0.3, 0.4) is 0 Å². The number of halogens is 1. The summed E-state index contributed by atoms with van der Waals surface area (Å²) in [6, 6.07) is 20.6. The molecule has 4 aromatic rings. The van der Waals surface area contributed by atoms with Gasteiger partial charge in [-0.3, -0.25) is 9.36 Å². The second-order valence-corrected chi connectivity index (χ2v) is 9.93. The minimum atomic E-state index is -0.645. The maximum absolute atomic E-state index is 12.8. The highest BCUT2D eigenvalue weighted by Crippen LogP contribution is 2.23. The molecule has 0 spiro atoms. The predicted octanol–water partition coefficient (Wildman–Crippen LogP) is 5.31. The maximum atomic E-state index is 12.8. The molecule has 0 aliphatic heterocycles. The second kappa shape index (κ2) is 13.4. The summed E-state index contributed by atoms with van der Waals surface area (Å²) >= 11 is 7.34. The molecule has 1 unspecified atom stereocenters. The van der Waals surface area contributed by atoms with Crippen LogP contribution >= 0.6 is 22.9 Å². The lowest BCUT2D eigenvalue weighted by Gasteiger charge is -2.15. The van der Waals surface area contributed by atoms with Crippen LogP contribution in [0.15, 0.2) is 76.7 Å². The third-order valence-corrected chi connectivity index (χ3v) is 7.16. The number of thiazole rings is 1. The minimum absolute atomic E-state index is 0.0705. The van der Waals surface area contributed by atoms with E-state index in [0.717, 1.165) is 26.9 Å². The average molecular weight is 569 g/mol. The first-order chi connectivity index (χ1) is 18.9. The molecule has 204 valence electrons. The van der Waals surface area contributed by atoms with Gasteiger partial charge >= 0.3 is 10.8 Å². The van der Waals surface area contributed by atoms with Crippen LogP contribution in [0.2, 0.25) is 5.02 Å². The molecule has 1 atom stereocenters. The Labute approximate surface area is 235 Å². The van der Waals surface area contributed by atoms with E-state index in [-0.39, 0.29) is 4.87 Å². The van der Waals surface area contributed by atoms with Gasteiger partial charge in [-0.2, -0.15) is 0 Å². The monoisotopic (exact) mass is 568 g/mol. The standard InChI is InChI=1S/C29H29ClN2O6S/c1-4-37-25(28(33)35-2)16-19-8-11-23(12-9-19)38-15-14-32-24-13-10-21(18-26(24)39-29(32)34)27(31-36-3)20-6-5-7-22(30)17-20/h5-13,17-18,25H,4,14-16H2,1-3H3/b31-27-. The van der Waals surface area contributed by atoms with E-state index in [1.807, 2.05) is 67.6 Å². The summed E-state index contributed by atoms with van der Waals surface area (Å²) in [5.41, 5.74) is 4.00. The molecule has 0 amide bonds. The summed E-state index contributed by atoms with van der Waals surface area (Å²) in [5, 5.41) is 4.79. The van der Waals surface area contributed by atoms with Crippen LogP contribution in [0.4, 0.5) is 0 Å². The van der Waals surface area contributed by atoms with Crippen LogP contribution in [-0.2, 0) is 32.1 Å². The van der Waals surface area contributed by atoms with Gasteiger partial charge in [-0.05, 0) is 48.9 Å². The highest BCUT2D eigenvalue weighted by molar-refractivity contribution is 7.16. The van der Waals surface area contributed by atoms with Crippen molar-refractivity contribution in [1.29, 1.82) is 0 Å². The van der Waals surface area contributed by atoms with Crippen molar-refractivity contribution in [2.45, 2.75) is 26.0 Å². The Morgan fingerprint density at radius 1 is 1.05 bits per heavy atom. The van der Waals surface area contributed by atoms with Crippen LogP contribution < -0.4 is 9.61 Å². The number of methoxy groups -OCH3 is 1. The molecule has 0 saturated heterocycles. The van der Waals surface area contributed by atoms with Gasteiger partial charge in [-0.15, -0.1) is 0 Å². The number of carbonyl (C=O) groups excluding carboxylic acids is 1. The number of aromatic nitrogens is 1. The summed E-state index contributed by atoms with van der Waals surface area (Å²) in [6.07, 6.45) is -0.235. The highest BCUT2D eigenvalue weighted by atomic mass is 35.5. The third-order valence-electron chi connectivity index (χ3n) is 5.98. The number of hydrogen-bond donors (Lipinski definition) is 0. The largest absolute Gasteiger partial charge is 0.492 e. The summed E-state index contributed by atoms with van der Waals surface area (Å²) in [4.78, 5) is 29.7. The molecule has 0 radical (unpaired) electrons. The van der Waals surface area contributed by atoms with Gasteiger partial charge < -0.3 is 19.0 Å². The van der Waals surface area contributed by atoms with Crippen molar-refractivity contribution in [3.63, 3.8) is 0 Å². The molecule has 3 aromatic carbocycles. The zero-order valence-electron chi connectivity index (χ0n) is 21.9. The molecule has 0 saturated carbocycles. The van der Waals surface area contributed by atoms with Crippen LogP contribution in [-0.4, -0.2) is 49.8 Å². The molecule has 10 heteroatoms. The first kappa shape index (κ1) is 28.4. The van der Waals surface area contributed by atoms with E-state index >= 15 is 0 Å². The summed E-state index contributed by atoms with van der Waals surface area (Å²) in [6.45, 7) is 2.96. The van der Waals surface area contributed by atoms with E-state index in [1.54, 1.807) is 10.6 Å². The van der Waals surface area contributed by atoms with Crippen LogP contribution in [0, 0.1) is 0 Å². The molecule has 0 aliphatic rings. The lowest BCUT2D eigenvalue weighted by Crippen LogP contribution is -2.28. The molecule has 8 nitrogen and oxygen atoms in total. The number of benzene rings is 3. The topological polar surface area (TPSA) is 88.4 Å². The van der Waals surface area contributed by atoms with Gasteiger partial charge in [0.15, 0.2) is 6.10 Å². The van der Waals surface area contributed by atoms with Crippen molar-refractivity contribution in [2.75, 3.05) is 27.4 Å². The molecule has 1 aromatic heterocycles.